The number of hydrogen-bond acceptors (Lipinski definition) is 10. The second-order valence-corrected chi connectivity index (χ2v) is 19.6. The van der Waals surface area contributed by atoms with Crippen LogP contribution in [-0.4, -0.2) is 69.5 Å². The lowest BCUT2D eigenvalue weighted by atomic mass is 9.97. The molecular formula is C43H48O10Si. The Kier molecular flexibility index (Phi) is 13.6. The molecular weight excluding hydrogens is 705 g/mol. The van der Waals surface area contributed by atoms with Crippen LogP contribution >= 0.6 is 0 Å². The van der Waals surface area contributed by atoms with E-state index in [-0.39, 0.29) is 45.5 Å². The van der Waals surface area contributed by atoms with E-state index in [2.05, 4.69) is 41.5 Å². The van der Waals surface area contributed by atoms with Crippen molar-refractivity contribution < 1.29 is 47.3 Å². The van der Waals surface area contributed by atoms with Gasteiger partial charge in [0.05, 0.1) is 28.9 Å². The highest BCUT2D eigenvalue weighted by Gasteiger charge is 2.55. The van der Waals surface area contributed by atoms with Gasteiger partial charge in [0.1, 0.15) is 6.10 Å². The zero-order chi connectivity index (χ0) is 38.8. The molecule has 1 aliphatic heterocycles. The number of carbonyl (C=O) groups excluding carboxylic acids is 4. The van der Waals surface area contributed by atoms with Crippen LogP contribution in [0.15, 0.2) is 121 Å². The molecule has 1 fully saturated rings. The Morgan fingerprint density at radius 2 is 0.796 bits per heavy atom. The second-order valence-electron chi connectivity index (χ2n) is 14.2. The molecule has 0 bridgehead atoms. The SMILES string of the molecule is CC(C)[Si](OC[C@H]1O[C@@H](OC(=O)c2ccccc2)[C@H](OC(=O)c2ccccc2)[C@@H](OC(=O)c2ccccc2)[C@H]1OC(=O)c1ccccc1)(C(C)C)C(C)C. The Hall–Kier alpha value is -5.10. The fourth-order valence-corrected chi connectivity index (χ4v) is 12.7. The first-order valence-corrected chi connectivity index (χ1v) is 20.4. The van der Waals surface area contributed by atoms with Gasteiger partial charge in [-0.3, -0.25) is 0 Å². The molecule has 4 aromatic carbocycles. The van der Waals surface area contributed by atoms with Gasteiger partial charge in [-0.05, 0) is 65.2 Å². The van der Waals surface area contributed by atoms with Crippen molar-refractivity contribution in [2.45, 2.75) is 88.9 Å². The van der Waals surface area contributed by atoms with Gasteiger partial charge in [-0.2, -0.15) is 0 Å². The third-order valence-corrected chi connectivity index (χ3v) is 15.9. The van der Waals surface area contributed by atoms with E-state index in [1.807, 2.05) is 0 Å². The Morgan fingerprint density at radius 1 is 0.481 bits per heavy atom. The average molecular weight is 753 g/mol. The van der Waals surface area contributed by atoms with Crippen molar-refractivity contribution in [3.05, 3.63) is 144 Å². The average Bonchev–Trinajstić information content (AvgIpc) is 3.18. The van der Waals surface area contributed by atoms with Crippen LogP contribution in [0.5, 0.6) is 0 Å². The molecule has 1 heterocycles. The summed E-state index contributed by atoms with van der Waals surface area (Å²) in [6.07, 6.45) is -7.27. The molecule has 10 nitrogen and oxygen atoms in total. The number of rotatable bonds is 14. The summed E-state index contributed by atoms with van der Waals surface area (Å²) in [5.41, 5.74) is 1.38. The van der Waals surface area contributed by atoms with Gasteiger partial charge in [0.15, 0.2) is 20.5 Å². The monoisotopic (exact) mass is 752 g/mol. The summed E-state index contributed by atoms with van der Waals surface area (Å²) in [6.45, 7) is 12.7. The number of esters is 4. The minimum Gasteiger partial charge on any atom is -0.452 e. The quantitative estimate of drug-likeness (QED) is 0.0704. The van der Waals surface area contributed by atoms with E-state index in [4.69, 9.17) is 28.1 Å². The summed E-state index contributed by atoms with van der Waals surface area (Å²) in [7, 11) is -2.57. The maximum atomic E-state index is 13.9. The van der Waals surface area contributed by atoms with E-state index in [9.17, 15) is 19.2 Å². The first-order chi connectivity index (χ1) is 25.9. The van der Waals surface area contributed by atoms with Gasteiger partial charge in [0, 0.05) is 0 Å². The van der Waals surface area contributed by atoms with Crippen LogP contribution in [0.3, 0.4) is 0 Å². The van der Waals surface area contributed by atoms with Crippen molar-refractivity contribution in [1.82, 2.24) is 0 Å². The van der Waals surface area contributed by atoms with Crippen LogP contribution in [0.25, 0.3) is 0 Å². The molecule has 0 aromatic heterocycles. The minimum absolute atomic E-state index is 0.106. The predicted octanol–water partition coefficient (Wildman–Crippen LogP) is 8.44. The maximum Gasteiger partial charge on any atom is 0.340 e. The van der Waals surface area contributed by atoms with Crippen LogP contribution in [0.4, 0.5) is 0 Å². The molecule has 0 aliphatic carbocycles. The van der Waals surface area contributed by atoms with E-state index in [0.717, 1.165) is 0 Å². The minimum atomic E-state index is -2.57. The zero-order valence-corrected chi connectivity index (χ0v) is 32.5. The molecule has 0 unspecified atom stereocenters. The van der Waals surface area contributed by atoms with Crippen molar-refractivity contribution in [2.75, 3.05) is 6.61 Å². The fourth-order valence-electron chi connectivity index (χ4n) is 7.28. The fraction of sp³-hybridized carbons (Fsp3) is 0.349. The Bertz CT molecular complexity index is 1810. The standard InChI is InChI=1S/C43H48O10Si/c1-28(2)54(29(3)4,30(5)6)48-27-35-36(50-39(44)31-19-11-7-12-20-31)37(51-40(45)32-21-13-8-14-22-32)38(52-41(46)33-23-15-9-16-24-33)43(49-35)53-42(47)34-25-17-10-18-26-34/h7-26,28-30,35-38,43H,27H2,1-6H3/t35-,36+,37+,38-,43+/m1/s1. The summed E-state index contributed by atoms with van der Waals surface area (Å²) >= 11 is 0. The van der Waals surface area contributed by atoms with Crippen LogP contribution in [0.2, 0.25) is 16.6 Å². The summed E-state index contributed by atoms with van der Waals surface area (Å²) in [5, 5.41) is 0. The van der Waals surface area contributed by atoms with Crippen LogP contribution in [-0.2, 0) is 28.1 Å². The Balaban J connectivity index is 1.63. The summed E-state index contributed by atoms with van der Waals surface area (Å²) in [5.74, 6) is -3.10. The normalized spacial score (nSPS) is 20.0. The van der Waals surface area contributed by atoms with Crippen molar-refractivity contribution in [1.29, 1.82) is 0 Å². The third-order valence-electron chi connectivity index (χ3n) is 9.79. The van der Waals surface area contributed by atoms with E-state index in [1.54, 1.807) is 121 Å². The highest BCUT2D eigenvalue weighted by Crippen LogP contribution is 2.43. The van der Waals surface area contributed by atoms with E-state index < -0.39 is 62.9 Å². The summed E-state index contributed by atoms with van der Waals surface area (Å²) < 4.78 is 37.9. The van der Waals surface area contributed by atoms with Crippen LogP contribution < -0.4 is 0 Å². The summed E-state index contributed by atoms with van der Waals surface area (Å²) in [4.78, 5) is 55.1. The molecule has 284 valence electrons. The van der Waals surface area contributed by atoms with Gasteiger partial charge in [0.25, 0.3) is 0 Å². The molecule has 54 heavy (non-hydrogen) atoms. The molecule has 4 aromatic rings. The number of carbonyl (C=O) groups is 4. The molecule has 0 spiro atoms. The molecule has 5 atom stereocenters. The largest absolute Gasteiger partial charge is 0.452 e. The first-order valence-electron chi connectivity index (χ1n) is 18.3. The van der Waals surface area contributed by atoms with Gasteiger partial charge >= 0.3 is 23.9 Å². The lowest BCUT2D eigenvalue weighted by Crippen LogP contribution is -2.64. The predicted molar refractivity (Wildman–Crippen MR) is 204 cm³/mol. The van der Waals surface area contributed by atoms with Crippen molar-refractivity contribution >= 4 is 32.2 Å². The van der Waals surface area contributed by atoms with E-state index >= 15 is 0 Å². The van der Waals surface area contributed by atoms with E-state index in [0.29, 0.717) is 0 Å². The van der Waals surface area contributed by atoms with Crippen molar-refractivity contribution in [3.8, 4) is 0 Å². The second kappa shape index (κ2) is 18.3. The van der Waals surface area contributed by atoms with Crippen molar-refractivity contribution in [3.63, 3.8) is 0 Å². The number of ether oxygens (including phenoxy) is 5. The third kappa shape index (κ3) is 9.33. The molecule has 0 radical (unpaired) electrons. The number of hydrogen-bond donors (Lipinski definition) is 0. The van der Waals surface area contributed by atoms with Gasteiger partial charge in [0.2, 0.25) is 12.4 Å². The molecule has 0 saturated carbocycles. The number of benzene rings is 4. The Morgan fingerprint density at radius 3 is 1.15 bits per heavy atom. The van der Waals surface area contributed by atoms with Gasteiger partial charge in [-0.15, -0.1) is 0 Å². The molecule has 0 amide bonds. The van der Waals surface area contributed by atoms with Crippen LogP contribution in [0, 0.1) is 0 Å². The topological polar surface area (TPSA) is 124 Å². The molecule has 1 saturated heterocycles. The maximum absolute atomic E-state index is 13.9. The molecule has 1 aliphatic rings. The van der Waals surface area contributed by atoms with Gasteiger partial charge in [-0.25, -0.2) is 19.2 Å². The van der Waals surface area contributed by atoms with E-state index in [1.165, 1.54) is 0 Å². The first kappa shape index (κ1) is 40.1. The summed E-state index contributed by atoms with van der Waals surface area (Å²) in [6, 6.07) is 33.0. The highest BCUT2D eigenvalue weighted by atomic mass is 28.4. The van der Waals surface area contributed by atoms with Gasteiger partial charge < -0.3 is 28.1 Å². The molecule has 5 rings (SSSR count). The van der Waals surface area contributed by atoms with Gasteiger partial charge in [-0.1, -0.05) is 114 Å². The lowest BCUT2D eigenvalue weighted by molar-refractivity contribution is -0.282. The highest BCUT2D eigenvalue weighted by molar-refractivity contribution is 6.77. The molecule has 11 heteroatoms. The lowest BCUT2D eigenvalue weighted by Gasteiger charge is -2.47. The molecule has 0 N–H and O–H groups in total. The van der Waals surface area contributed by atoms with Crippen molar-refractivity contribution in [2.24, 2.45) is 0 Å². The van der Waals surface area contributed by atoms with Crippen LogP contribution in [0.1, 0.15) is 83.0 Å². The Labute approximate surface area is 317 Å². The zero-order valence-electron chi connectivity index (χ0n) is 31.5. The smallest absolute Gasteiger partial charge is 0.340 e.